The van der Waals surface area contributed by atoms with E-state index in [0.29, 0.717) is 36.8 Å². The third-order valence-electron chi connectivity index (χ3n) is 6.51. The highest BCUT2D eigenvalue weighted by atomic mass is 19.3. The second kappa shape index (κ2) is 8.97. The number of aromatic nitrogens is 1. The SMILES string of the molecule is N#C[C@]1(C2CC2)CC(F)(F)CN1C(=O)CCC(=O)c1ccncc1CCc1ccc(F)cc1. The largest absolute Gasteiger partial charge is 0.317 e. The van der Waals surface area contributed by atoms with E-state index < -0.39 is 30.3 Å². The fraction of sp³-hybridized carbons (Fsp3) is 0.440. The highest BCUT2D eigenvalue weighted by Gasteiger charge is 2.62. The van der Waals surface area contributed by atoms with Gasteiger partial charge >= 0.3 is 0 Å². The Bertz CT molecular complexity index is 1090. The monoisotopic (exact) mass is 455 g/mol. The molecule has 2 aromatic rings. The lowest BCUT2D eigenvalue weighted by Gasteiger charge is -2.31. The van der Waals surface area contributed by atoms with Crippen molar-refractivity contribution >= 4 is 11.7 Å². The van der Waals surface area contributed by atoms with Crippen LogP contribution in [0.25, 0.3) is 0 Å². The quantitative estimate of drug-likeness (QED) is 0.549. The van der Waals surface area contributed by atoms with Gasteiger partial charge in [0.05, 0.1) is 19.0 Å². The first kappa shape index (κ1) is 23.0. The number of nitrogens with zero attached hydrogens (tertiary/aromatic N) is 3. The van der Waals surface area contributed by atoms with Crippen LogP contribution in [0, 0.1) is 23.1 Å². The molecule has 1 amide bonds. The number of hydrogen-bond acceptors (Lipinski definition) is 4. The lowest BCUT2D eigenvalue weighted by atomic mass is 9.90. The number of benzene rings is 1. The molecule has 1 saturated heterocycles. The Morgan fingerprint density at radius 1 is 1.12 bits per heavy atom. The summed E-state index contributed by atoms with van der Waals surface area (Å²) >= 11 is 0. The molecule has 1 aliphatic carbocycles. The van der Waals surface area contributed by atoms with Crippen molar-refractivity contribution < 1.29 is 22.8 Å². The Balaban J connectivity index is 1.41. The van der Waals surface area contributed by atoms with Crippen molar-refractivity contribution in [3.05, 3.63) is 65.2 Å². The smallest absolute Gasteiger partial charge is 0.268 e. The standard InChI is InChI=1S/C25H24F3N3O2/c26-20-7-2-17(3-8-20)1-4-18-13-30-12-11-21(18)22(32)9-10-23(33)31-16-25(27,28)14-24(31,15-29)19-5-6-19/h2-3,7-8,11-13,19H,1,4-6,9-10,14,16H2/t24-/m0/s1. The van der Waals surface area contributed by atoms with Gasteiger partial charge < -0.3 is 4.90 Å². The summed E-state index contributed by atoms with van der Waals surface area (Å²) in [5.74, 6) is -4.51. The molecule has 8 heteroatoms. The number of likely N-dealkylation sites (tertiary alicyclic amines) is 1. The number of hydrogen-bond donors (Lipinski definition) is 0. The lowest BCUT2D eigenvalue weighted by Crippen LogP contribution is -2.48. The Hall–Kier alpha value is -3.21. The summed E-state index contributed by atoms with van der Waals surface area (Å²) in [6, 6.07) is 9.69. The van der Waals surface area contributed by atoms with Crippen molar-refractivity contribution in [2.75, 3.05) is 6.54 Å². The molecule has 1 aromatic carbocycles. The second-order valence-corrected chi connectivity index (χ2v) is 8.91. The molecular weight excluding hydrogens is 431 g/mol. The molecule has 2 heterocycles. The Morgan fingerprint density at radius 3 is 2.52 bits per heavy atom. The first-order valence-electron chi connectivity index (χ1n) is 11.0. The highest BCUT2D eigenvalue weighted by Crippen LogP contribution is 2.52. The number of alkyl halides is 2. The van der Waals surface area contributed by atoms with Crippen LogP contribution in [-0.4, -0.2) is 39.6 Å². The fourth-order valence-electron chi connectivity index (χ4n) is 4.66. The number of pyridine rings is 1. The molecular formula is C25H24F3N3O2. The molecule has 4 rings (SSSR count). The minimum atomic E-state index is -3.10. The van der Waals surface area contributed by atoms with Crippen LogP contribution in [-0.2, 0) is 17.6 Å². The maximum atomic E-state index is 14.1. The lowest BCUT2D eigenvalue weighted by molar-refractivity contribution is -0.135. The van der Waals surface area contributed by atoms with Crippen molar-refractivity contribution in [2.24, 2.45) is 5.92 Å². The molecule has 2 fully saturated rings. The Kier molecular flexibility index (Phi) is 6.24. The number of ketones is 1. The minimum absolute atomic E-state index is 0.138. The maximum Gasteiger partial charge on any atom is 0.268 e. The molecule has 1 aliphatic heterocycles. The van der Waals surface area contributed by atoms with Crippen LogP contribution in [0.4, 0.5) is 13.2 Å². The first-order chi connectivity index (χ1) is 15.7. The van der Waals surface area contributed by atoms with E-state index in [1.807, 2.05) is 6.07 Å². The minimum Gasteiger partial charge on any atom is -0.317 e. The topological polar surface area (TPSA) is 74.1 Å². The van der Waals surface area contributed by atoms with Gasteiger partial charge in [0, 0.05) is 30.8 Å². The molecule has 0 N–H and O–H groups in total. The number of halogens is 3. The van der Waals surface area contributed by atoms with Gasteiger partial charge in [0.25, 0.3) is 5.92 Å². The number of rotatable bonds is 8. The van der Waals surface area contributed by atoms with Crippen LogP contribution in [0.2, 0.25) is 0 Å². The van der Waals surface area contributed by atoms with Gasteiger partial charge in [-0.15, -0.1) is 0 Å². The van der Waals surface area contributed by atoms with Crippen molar-refractivity contribution in [2.45, 2.75) is 56.4 Å². The predicted molar refractivity (Wildman–Crippen MR) is 114 cm³/mol. The zero-order valence-corrected chi connectivity index (χ0v) is 18.1. The van der Waals surface area contributed by atoms with Crippen LogP contribution < -0.4 is 0 Å². The third-order valence-corrected chi connectivity index (χ3v) is 6.51. The molecule has 172 valence electrons. The molecule has 1 aromatic heterocycles. The van der Waals surface area contributed by atoms with Gasteiger partial charge in [-0.05, 0) is 60.9 Å². The summed E-state index contributed by atoms with van der Waals surface area (Å²) in [6.45, 7) is -0.776. The van der Waals surface area contributed by atoms with Crippen LogP contribution >= 0.6 is 0 Å². The summed E-state index contributed by atoms with van der Waals surface area (Å²) < 4.78 is 41.4. The number of amides is 1. The summed E-state index contributed by atoms with van der Waals surface area (Å²) in [6.07, 6.45) is 4.47. The second-order valence-electron chi connectivity index (χ2n) is 8.91. The molecule has 2 aliphatic rings. The number of nitriles is 1. The van der Waals surface area contributed by atoms with Crippen LogP contribution in [0.5, 0.6) is 0 Å². The van der Waals surface area contributed by atoms with Gasteiger partial charge in [-0.25, -0.2) is 13.2 Å². The van der Waals surface area contributed by atoms with Gasteiger partial charge in [-0.3, -0.25) is 14.6 Å². The van der Waals surface area contributed by atoms with E-state index in [1.165, 1.54) is 18.3 Å². The van der Waals surface area contributed by atoms with Crippen LogP contribution in [0.1, 0.15) is 53.6 Å². The van der Waals surface area contributed by atoms with E-state index in [4.69, 9.17) is 0 Å². The van der Waals surface area contributed by atoms with Crippen LogP contribution in [0.3, 0.4) is 0 Å². The van der Waals surface area contributed by atoms with E-state index in [0.717, 1.165) is 10.5 Å². The molecule has 0 radical (unpaired) electrons. The molecule has 0 spiro atoms. The predicted octanol–water partition coefficient (Wildman–Crippen LogP) is 4.51. The molecule has 0 unspecified atom stereocenters. The Morgan fingerprint density at radius 2 is 1.85 bits per heavy atom. The average Bonchev–Trinajstić information content (AvgIpc) is 3.61. The zero-order valence-electron chi connectivity index (χ0n) is 18.1. The van der Waals surface area contributed by atoms with Gasteiger partial charge in [-0.2, -0.15) is 5.26 Å². The normalized spacial score (nSPS) is 21.6. The molecule has 5 nitrogen and oxygen atoms in total. The van der Waals surface area contributed by atoms with Gasteiger partial charge in [0.15, 0.2) is 5.78 Å². The Labute approximate surface area is 190 Å². The first-order valence-corrected chi connectivity index (χ1v) is 11.0. The molecule has 0 bridgehead atoms. The van der Waals surface area contributed by atoms with E-state index in [2.05, 4.69) is 4.98 Å². The van der Waals surface area contributed by atoms with Gasteiger partial charge in [-0.1, -0.05) is 12.1 Å². The zero-order chi connectivity index (χ0) is 23.6. The average molecular weight is 455 g/mol. The fourth-order valence-corrected chi connectivity index (χ4v) is 4.66. The number of aryl methyl sites for hydroxylation is 2. The van der Waals surface area contributed by atoms with Crippen molar-refractivity contribution in [1.82, 2.24) is 9.88 Å². The van der Waals surface area contributed by atoms with E-state index in [-0.39, 0.29) is 30.4 Å². The molecule has 33 heavy (non-hydrogen) atoms. The highest BCUT2D eigenvalue weighted by molar-refractivity contribution is 5.99. The maximum absolute atomic E-state index is 14.1. The summed E-state index contributed by atoms with van der Waals surface area (Å²) in [7, 11) is 0. The van der Waals surface area contributed by atoms with E-state index in [9.17, 15) is 28.0 Å². The molecule has 1 atom stereocenters. The van der Waals surface area contributed by atoms with Gasteiger partial charge in [0.2, 0.25) is 5.91 Å². The van der Waals surface area contributed by atoms with E-state index in [1.54, 1.807) is 24.4 Å². The molecule has 1 saturated carbocycles. The summed E-state index contributed by atoms with van der Waals surface area (Å²) in [5.41, 5.74) is 0.578. The summed E-state index contributed by atoms with van der Waals surface area (Å²) in [4.78, 5) is 30.8. The van der Waals surface area contributed by atoms with Crippen LogP contribution in [0.15, 0.2) is 42.7 Å². The number of carbonyl (C=O) groups excluding carboxylic acids is 2. The van der Waals surface area contributed by atoms with Crippen molar-refractivity contribution in [3.8, 4) is 6.07 Å². The number of carbonyl (C=O) groups is 2. The summed E-state index contributed by atoms with van der Waals surface area (Å²) in [5, 5.41) is 9.67. The van der Waals surface area contributed by atoms with Crippen molar-refractivity contribution in [3.63, 3.8) is 0 Å². The third kappa shape index (κ3) is 4.92. The van der Waals surface area contributed by atoms with Crippen molar-refractivity contribution in [1.29, 1.82) is 5.26 Å². The number of Topliss-reactive ketones (excluding diaryl/α,β-unsaturated/α-hetero) is 1. The van der Waals surface area contributed by atoms with Gasteiger partial charge in [0.1, 0.15) is 11.4 Å². The van der Waals surface area contributed by atoms with E-state index >= 15 is 0 Å².